The van der Waals surface area contributed by atoms with Crippen molar-refractivity contribution >= 4 is 6.79 Å². The molecular weight excluding hydrogens is 272 g/mol. The molecule has 0 rings (SSSR count). The molecule has 0 fully saturated rings. The van der Waals surface area contributed by atoms with Gasteiger partial charge in [-0.25, -0.2) is 0 Å². The van der Waals surface area contributed by atoms with E-state index in [1.54, 1.807) is 14.2 Å². The van der Waals surface area contributed by atoms with Crippen LogP contribution in [0.3, 0.4) is 0 Å². The van der Waals surface area contributed by atoms with Crippen molar-refractivity contribution in [3.8, 4) is 0 Å². The summed E-state index contributed by atoms with van der Waals surface area (Å²) in [6.45, 7) is 40.0. The topological polar surface area (TPSA) is 26.3 Å². The molecular formula is C20H54O2. The first kappa shape index (κ1) is 84.7. The van der Waals surface area contributed by atoms with E-state index in [0.29, 0.717) is 0 Å². The average Bonchev–Trinajstić information content (AvgIpc) is 2.70. The molecule has 0 atom stereocenters. The fourth-order valence-corrected chi connectivity index (χ4v) is 0. The molecule has 0 radical (unpaired) electrons. The molecule has 0 aromatic rings. The molecule has 146 valence electrons. The van der Waals surface area contributed by atoms with E-state index < -0.39 is 0 Å². The minimum Gasteiger partial charge on any atom is -0.388 e. The molecule has 22 heavy (non-hydrogen) atoms. The summed E-state index contributed by atoms with van der Waals surface area (Å²) in [5, 5.41) is 0. The van der Waals surface area contributed by atoms with E-state index in [0.717, 1.165) is 0 Å². The second-order valence-electron chi connectivity index (χ2n) is 0.408. The normalized spacial score (nSPS) is 2.91. The van der Waals surface area contributed by atoms with Gasteiger partial charge in [0, 0.05) is 14.2 Å². The Morgan fingerprint density at radius 3 is 0.455 bits per heavy atom. The highest BCUT2D eigenvalue weighted by molar-refractivity contribution is 5.10. The Labute approximate surface area is 147 Å². The van der Waals surface area contributed by atoms with Gasteiger partial charge in [0.05, 0.1) is 0 Å². The highest BCUT2D eigenvalue weighted by Crippen LogP contribution is 1.28. The van der Waals surface area contributed by atoms with Crippen molar-refractivity contribution in [3.05, 3.63) is 39.5 Å². The highest BCUT2D eigenvalue weighted by Gasteiger charge is 1.25. The van der Waals surface area contributed by atoms with Crippen LogP contribution in [0, 0.1) is 0 Å². The van der Waals surface area contributed by atoms with Gasteiger partial charge < -0.3 is 9.53 Å². The van der Waals surface area contributed by atoms with E-state index in [1.807, 2.05) is 76.0 Å². The lowest BCUT2D eigenvalue weighted by Gasteiger charge is -1.61. The van der Waals surface area contributed by atoms with E-state index in [9.17, 15) is 0 Å². The average molecular weight is 327 g/mol. The molecule has 0 bridgehead atoms. The number of methoxy groups -OCH3 is 1. The van der Waals surface area contributed by atoms with Gasteiger partial charge in [0.25, 0.3) is 0 Å². The number of ether oxygens (including phenoxy) is 1. The third kappa shape index (κ3) is 4540. The predicted octanol–water partition coefficient (Wildman–Crippen LogP) is 8.25. The minimum absolute atomic E-state index is 0. The second kappa shape index (κ2) is 313000. The van der Waals surface area contributed by atoms with Crippen molar-refractivity contribution < 1.29 is 9.53 Å². The highest BCUT2D eigenvalue weighted by atomic mass is 16.4. The van der Waals surface area contributed by atoms with Gasteiger partial charge in [-0.2, -0.15) is 0 Å². The predicted molar refractivity (Wildman–Crippen MR) is 117 cm³/mol. The van der Waals surface area contributed by atoms with E-state index in [4.69, 9.17) is 4.79 Å². The summed E-state index contributed by atoms with van der Waals surface area (Å²) in [6, 6.07) is 0. The number of rotatable bonds is 0. The van der Waals surface area contributed by atoms with Gasteiger partial charge in [-0.15, -0.1) is 39.5 Å². The zero-order chi connectivity index (χ0) is 20.7. The van der Waals surface area contributed by atoms with Crippen LogP contribution in [0.5, 0.6) is 0 Å². The standard InChI is InChI=1S/C2H6O.5C2H6.3C2H4.CH2O.CH4/c1-3-2;9*1-2;/h1-2H3;5*1-2H3;3*1-2H2;1H2;1H4. The Kier molecular flexibility index (Phi) is 1210000. The first-order valence-corrected chi connectivity index (χ1v) is 7.61. The van der Waals surface area contributed by atoms with Crippen LogP contribution in [-0.2, 0) is 9.53 Å². The quantitative estimate of drug-likeness (QED) is 0.419. The Hall–Kier alpha value is -1.15. The monoisotopic (exact) mass is 326 g/mol. The van der Waals surface area contributed by atoms with Crippen molar-refractivity contribution in [1.29, 1.82) is 0 Å². The maximum atomic E-state index is 8.00. The molecule has 0 aromatic carbocycles. The molecule has 2 nitrogen and oxygen atoms in total. The lowest BCUT2D eigenvalue weighted by atomic mass is 11.0. The molecule has 0 spiro atoms. The fourth-order valence-electron chi connectivity index (χ4n) is 0. The van der Waals surface area contributed by atoms with Crippen LogP contribution in [-0.4, -0.2) is 21.0 Å². The van der Waals surface area contributed by atoms with Gasteiger partial charge in [0.15, 0.2) is 0 Å². The molecule has 0 N–H and O–H groups in total. The fraction of sp³-hybridized carbons (Fsp3) is 0.650. The Bertz CT molecular complexity index is 24.9. The summed E-state index contributed by atoms with van der Waals surface area (Å²) in [5.41, 5.74) is 0. The Balaban J connectivity index is -0.00000000679. The zero-order valence-corrected chi connectivity index (χ0v) is 17.8. The first-order chi connectivity index (χ1) is 10.4. The van der Waals surface area contributed by atoms with Crippen LogP contribution in [0.15, 0.2) is 39.5 Å². The van der Waals surface area contributed by atoms with Gasteiger partial charge >= 0.3 is 0 Å². The van der Waals surface area contributed by atoms with Gasteiger partial charge in [0.1, 0.15) is 6.79 Å². The van der Waals surface area contributed by atoms with Crippen molar-refractivity contribution in [2.75, 3.05) is 14.2 Å². The van der Waals surface area contributed by atoms with Gasteiger partial charge in [-0.05, 0) is 0 Å². The molecule has 0 aromatic heterocycles. The number of carbonyl (C=O) groups is 1. The molecule has 2 heteroatoms. The largest absolute Gasteiger partial charge is 0.388 e. The SMILES string of the molecule is C.C=C.C=C.C=C.C=O.CC.CC.CC.CC.CC.COC. The molecule has 0 saturated heterocycles. The maximum Gasteiger partial charge on any atom is 0.106 e. The van der Waals surface area contributed by atoms with E-state index in [2.05, 4.69) is 44.2 Å². The summed E-state index contributed by atoms with van der Waals surface area (Å²) in [4.78, 5) is 8.00. The number of hydrogen-bond donors (Lipinski definition) is 0. The lowest BCUT2D eigenvalue weighted by molar-refractivity contribution is -0.0979. The van der Waals surface area contributed by atoms with Gasteiger partial charge in [-0.3, -0.25) is 0 Å². The van der Waals surface area contributed by atoms with Crippen LogP contribution in [0.4, 0.5) is 0 Å². The van der Waals surface area contributed by atoms with Crippen LogP contribution in [0.2, 0.25) is 0 Å². The first-order valence-electron chi connectivity index (χ1n) is 7.61. The van der Waals surface area contributed by atoms with Crippen LogP contribution in [0.25, 0.3) is 0 Å². The summed E-state index contributed by atoms with van der Waals surface area (Å²) in [6.07, 6.45) is 0. The van der Waals surface area contributed by atoms with Crippen molar-refractivity contribution in [3.63, 3.8) is 0 Å². The Morgan fingerprint density at radius 1 is 0.455 bits per heavy atom. The molecule has 0 unspecified atom stereocenters. The zero-order valence-electron chi connectivity index (χ0n) is 17.8. The van der Waals surface area contributed by atoms with Crippen LogP contribution < -0.4 is 0 Å². The summed E-state index contributed by atoms with van der Waals surface area (Å²) in [5.74, 6) is 0. The van der Waals surface area contributed by atoms with Crippen molar-refractivity contribution in [2.24, 2.45) is 0 Å². The summed E-state index contributed by atoms with van der Waals surface area (Å²) >= 11 is 0. The smallest absolute Gasteiger partial charge is 0.106 e. The minimum atomic E-state index is 0. The molecule has 0 aliphatic heterocycles. The molecule has 0 aliphatic carbocycles. The Morgan fingerprint density at radius 2 is 0.455 bits per heavy atom. The van der Waals surface area contributed by atoms with Crippen molar-refractivity contribution in [2.45, 2.75) is 76.7 Å². The lowest BCUT2D eigenvalue weighted by Crippen LogP contribution is -1.55. The summed E-state index contributed by atoms with van der Waals surface area (Å²) in [7, 11) is 3.25. The molecule has 0 saturated carbocycles. The summed E-state index contributed by atoms with van der Waals surface area (Å²) < 4.78 is 4.25. The molecule has 0 aliphatic rings. The van der Waals surface area contributed by atoms with E-state index in [1.165, 1.54) is 0 Å². The second-order valence-corrected chi connectivity index (χ2v) is 0.408. The number of carbonyl (C=O) groups excluding carboxylic acids is 1. The van der Waals surface area contributed by atoms with E-state index >= 15 is 0 Å². The van der Waals surface area contributed by atoms with Gasteiger partial charge in [-0.1, -0.05) is 76.7 Å². The maximum absolute atomic E-state index is 8.00. The van der Waals surface area contributed by atoms with E-state index in [-0.39, 0.29) is 7.43 Å². The van der Waals surface area contributed by atoms with Crippen LogP contribution in [0.1, 0.15) is 76.7 Å². The van der Waals surface area contributed by atoms with Crippen molar-refractivity contribution in [1.82, 2.24) is 0 Å². The third-order valence-electron chi connectivity index (χ3n) is 0. The molecule has 0 heterocycles. The number of hydrogen-bond acceptors (Lipinski definition) is 2. The molecule has 0 amide bonds. The van der Waals surface area contributed by atoms with Gasteiger partial charge in [0.2, 0.25) is 0 Å². The van der Waals surface area contributed by atoms with Crippen LogP contribution >= 0.6 is 0 Å². The third-order valence-corrected chi connectivity index (χ3v) is 0.